The van der Waals surface area contributed by atoms with Crippen molar-refractivity contribution in [3.63, 3.8) is 0 Å². The van der Waals surface area contributed by atoms with Crippen LogP contribution in [0.4, 0.5) is 11.5 Å². The number of piperazine rings is 1. The van der Waals surface area contributed by atoms with Crippen molar-refractivity contribution in [1.29, 1.82) is 0 Å². The minimum Gasteiger partial charge on any atom is -0.369 e. The molecule has 2 aliphatic rings. The molecule has 0 bridgehead atoms. The van der Waals surface area contributed by atoms with E-state index in [4.69, 9.17) is 0 Å². The molecule has 2 saturated heterocycles. The quantitative estimate of drug-likeness (QED) is 0.792. The summed E-state index contributed by atoms with van der Waals surface area (Å²) in [7, 11) is 6.38. The van der Waals surface area contributed by atoms with Crippen molar-refractivity contribution < 1.29 is 0 Å². The van der Waals surface area contributed by atoms with Gasteiger partial charge in [-0.05, 0) is 57.6 Å². The van der Waals surface area contributed by atoms with Gasteiger partial charge in [-0.15, -0.1) is 0 Å². The van der Waals surface area contributed by atoms with Gasteiger partial charge in [0.05, 0.1) is 5.52 Å². The lowest BCUT2D eigenvalue weighted by Crippen LogP contribution is -2.48. The van der Waals surface area contributed by atoms with Gasteiger partial charge in [-0.1, -0.05) is 6.42 Å². The standard InChI is InChI=1S/C22H34N6/c1-25(2)22-20-16-19(7-8-21(20)23-17-24-22)28-14-12-27(13-15-28)11-9-18-6-4-5-10-26(18)3/h7-8,16-18H,4-6,9-15H2,1-3H3. The zero-order valence-electron chi connectivity index (χ0n) is 17.6. The molecule has 6 nitrogen and oxygen atoms in total. The molecule has 0 saturated carbocycles. The van der Waals surface area contributed by atoms with E-state index in [1.807, 2.05) is 14.1 Å². The van der Waals surface area contributed by atoms with E-state index in [1.54, 1.807) is 6.33 Å². The molecule has 4 rings (SSSR count). The second-order valence-electron chi connectivity index (χ2n) is 8.54. The number of fused-ring (bicyclic) bond motifs is 1. The highest BCUT2D eigenvalue weighted by Gasteiger charge is 2.22. The van der Waals surface area contributed by atoms with Gasteiger partial charge in [0.15, 0.2) is 0 Å². The first-order chi connectivity index (χ1) is 13.6. The number of likely N-dealkylation sites (tertiary alicyclic amines) is 1. The summed E-state index contributed by atoms with van der Waals surface area (Å²) in [6.45, 7) is 7.01. The molecule has 1 aromatic carbocycles. The number of benzene rings is 1. The predicted octanol–water partition coefficient (Wildman–Crippen LogP) is 2.69. The maximum Gasteiger partial charge on any atom is 0.139 e. The fraction of sp³-hybridized carbons (Fsp3) is 0.636. The Morgan fingerprint density at radius 2 is 1.86 bits per heavy atom. The molecule has 2 aromatic rings. The highest BCUT2D eigenvalue weighted by atomic mass is 15.3. The van der Waals surface area contributed by atoms with E-state index in [0.29, 0.717) is 0 Å². The molecule has 2 fully saturated rings. The van der Waals surface area contributed by atoms with Crippen molar-refractivity contribution in [2.75, 3.05) is 70.2 Å². The van der Waals surface area contributed by atoms with E-state index in [1.165, 1.54) is 44.5 Å². The molecule has 0 N–H and O–H groups in total. The van der Waals surface area contributed by atoms with Crippen molar-refractivity contribution in [3.05, 3.63) is 24.5 Å². The molecule has 1 atom stereocenters. The van der Waals surface area contributed by atoms with Crippen LogP contribution in [0.1, 0.15) is 25.7 Å². The highest BCUT2D eigenvalue weighted by Crippen LogP contribution is 2.27. The molecule has 1 aromatic heterocycles. The van der Waals surface area contributed by atoms with Gasteiger partial charge in [0.2, 0.25) is 0 Å². The fourth-order valence-electron chi connectivity index (χ4n) is 4.65. The van der Waals surface area contributed by atoms with E-state index in [2.05, 4.69) is 54.8 Å². The minimum atomic E-state index is 0.789. The number of nitrogens with zero attached hydrogens (tertiary/aromatic N) is 6. The number of hydrogen-bond acceptors (Lipinski definition) is 6. The first-order valence-corrected chi connectivity index (χ1v) is 10.7. The van der Waals surface area contributed by atoms with Crippen molar-refractivity contribution in [3.8, 4) is 0 Å². The second-order valence-corrected chi connectivity index (χ2v) is 8.54. The number of piperidine rings is 1. The number of aromatic nitrogens is 2. The van der Waals surface area contributed by atoms with E-state index in [0.717, 1.165) is 48.9 Å². The third kappa shape index (κ3) is 4.23. The molecule has 0 radical (unpaired) electrons. The molecular weight excluding hydrogens is 348 g/mol. The lowest BCUT2D eigenvalue weighted by atomic mass is 10.00. The van der Waals surface area contributed by atoms with E-state index in [-0.39, 0.29) is 0 Å². The van der Waals surface area contributed by atoms with Crippen LogP contribution in [0.25, 0.3) is 10.9 Å². The summed E-state index contributed by atoms with van der Waals surface area (Å²) >= 11 is 0. The van der Waals surface area contributed by atoms with Gasteiger partial charge in [-0.25, -0.2) is 9.97 Å². The number of hydrogen-bond donors (Lipinski definition) is 0. The molecular formula is C22H34N6. The van der Waals surface area contributed by atoms with Crippen LogP contribution >= 0.6 is 0 Å². The second kappa shape index (κ2) is 8.62. The first-order valence-electron chi connectivity index (χ1n) is 10.7. The Labute approximate surface area is 169 Å². The maximum absolute atomic E-state index is 4.46. The van der Waals surface area contributed by atoms with Crippen LogP contribution in [0, 0.1) is 0 Å². The van der Waals surface area contributed by atoms with Gasteiger partial charge in [0, 0.05) is 57.4 Å². The van der Waals surface area contributed by atoms with Crippen LogP contribution < -0.4 is 9.80 Å². The van der Waals surface area contributed by atoms with Crippen molar-refractivity contribution >= 4 is 22.4 Å². The Kier molecular flexibility index (Phi) is 5.97. The van der Waals surface area contributed by atoms with Crippen LogP contribution in [0.15, 0.2) is 24.5 Å². The largest absolute Gasteiger partial charge is 0.369 e. The maximum atomic E-state index is 4.46. The van der Waals surface area contributed by atoms with Crippen molar-refractivity contribution in [2.24, 2.45) is 0 Å². The van der Waals surface area contributed by atoms with Gasteiger partial charge in [-0.3, -0.25) is 4.90 Å². The Morgan fingerprint density at radius 3 is 2.61 bits per heavy atom. The molecule has 0 aliphatic carbocycles. The molecule has 28 heavy (non-hydrogen) atoms. The molecule has 1 unspecified atom stereocenters. The molecule has 0 spiro atoms. The summed E-state index contributed by atoms with van der Waals surface area (Å²) in [5.74, 6) is 0.988. The summed E-state index contributed by atoms with van der Waals surface area (Å²) in [6.07, 6.45) is 7.13. The topological polar surface area (TPSA) is 38.7 Å². The summed E-state index contributed by atoms with van der Waals surface area (Å²) in [6, 6.07) is 7.39. The Hall–Kier alpha value is -1.92. The highest BCUT2D eigenvalue weighted by molar-refractivity contribution is 5.91. The molecule has 152 valence electrons. The zero-order valence-corrected chi connectivity index (χ0v) is 17.6. The molecule has 0 amide bonds. The molecule has 6 heteroatoms. The Morgan fingerprint density at radius 1 is 1.04 bits per heavy atom. The average Bonchev–Trinajstić information content (AvgIpc) is 2.72. The Bertz CT molecular complexity index is 784. The van der Waals surface area contributed by atoms with Crippen molar-refractivity contribution in [1.82, 2.24) is 19.8 Å². The molecule has 2 aliphatic heterocycles. The van der Waals surface area contributed by atoms with Crippen LogP contribution in [0.2, 0.25) is 0 Å². The van der Waals surface area contributed by atoms with Crippen LogP contribution in [0.3, 0.4) is 0 Å². The van der Waals surface area contributed by atoms with Crippen molar-refractivity contribution in [2.45, 2.75) is 31.7 Å². The lowest BCUT2D eigenvalue weighted by molar-refractivity contribution is 0.151. The summed E-state index contributed by atoms with van der Waals surface area (Å²) in [5.41, 5.74) is 2.30. The third-order valence-corrected chi connectivity index (χ3v) is 6.46. The Balaban J connectivity index is 1.36. The minimum absolute atomic E-state index is 0.789. The van der Waals surface area contributed by atoms with E-state index < -0.39 is 0 Å². The zero-order chi connectivity index (χ0) is 19.5. The fourth-order valence-corrected chi connectivity index (χ4v) is 4.65. The number of rotatable bonds is 5. The van der Waals surface area contributed by atoms with Gasteiger partial charge in [0.25, 0.3) is 0 Å². The molecule has 3 heterocycles. The lowest BCUT2D eigenvalue weighted by Gasteiger charge is -2.38. The SMILES string of the molecule is CN(C)c1ncnc2ccc(N3CCN(CCC4CCCCN4C)CC3)cc12. The summed E-state index contributed by atoms with van der Waals surface area (Å²) < 4.78 is 0. The van der Waals surface area contributed by atoms with Gasteiger partial charge in [-0.2, -0.15) is 0 Å². The predicted molar refractivity (Wildman–Crippen MR) is 117 cm³/mol. The van der Waals surface area contributed by atoms with Gasteiger partial charge < -0.3 is 14.7 Å². The monoisotopic (exact) mass is 382 g/mol. The van der Waals surface area contributed by atoms with Crippen LogP contribution in [-0.4, -0.2) is 86.2 Å². The summed E-state index contributed by atoms with van der Waals surface area (Å²) in [5, 5.41) is 1.13. The van der Waals surface area contributed by atoms with E-state index in [9.17, 15) is 0 Å². The van der Waals surface area contributed by atoms with Crippen LogP contribution in [0.5, 0.6) is 0 Å². The number of anilines is 2. The van der Waals surface area contributed by atoms with Gasteiger partial charge in [0.1, 0.15) is 12.1 Å². The van der Waals surface area contributed by atoms with E-state index >= 15 is 0 Å². The third-order valence-electron chi connectivity index (χ3n) is 6.46. The summed E-state index contributed by atoms with van der Waals surface area (Å²) in [4.78, 5) is 18.7. The first kappa shape index (κ1) is 19.4. The normalized spacial score (nSPS) is 22.0. The average molecular weight is 383 g/mol. The smallest absolute Gasteiger partial charge is 0.139 e. The van der Waals surface area contributed by atoms with Gasteiger partial charge >= 0.3 is 0 Å². The van der Waals surface area contributed by atoms with Crippen LogP contribution in [-0.2, 0) is 0 Å².